The summed E-state index contributed by atoms with van der Waals surface area (Å²) in [5.74, 6) is -0.438. The predicted octanol–water partition coefficient (Wildman–Crippen LogP) is 3.48. The standard InChI is InChI=1S/C18H19N3O4S/c1-4-20-14-9-15(21(24)25)13(8-12(14)18(2,3)17(20)23)19-16(22)7-11-5-6-26-10-11/h5-6,8-10H,4,7H2,1-3H3,(H,19,22). The summed E-state index contributed by atoms with van der Waals surface area (Å²) >= 11 is 1.48. The third-order valence-corrected chi connectivity index (χ3v) is 5.32. The maximum atomic E-state index is 12.6. The number of nitro groups is 1. The Balaban J connectivity index is 2.01. The number of carbonyl (C=O) groups is 2. The number of benzene rings is 1. The molecule has 1 aromatic heterocycles. The lowest BCUT2D eigenvalue weighted by molar-refractivity contribution is -0.383. The van der Waals surface area contributed by atoms with Gasteiger partial charge in [-0.3, -0.25) is 19.7 Å². The van der Waals surface area contributed by atoms with Crippen LogP contribution in [0.5, 0.6) is 0 Å². The van der Waals surface area contributed by atoms with Gasteiger partial charge in [0.2, 0.25) is 11.8 Å². The van der Waals surface area contributed by atoms with E-state index in [0.29, 0.717) is 17.8 Å². The van der Waals surface area contributed by atoms with Crippen molar-refractivity contribution in [1.29, 1.82) is 0 Å². The first-order valence-corrected chi connectivity index (χ1v) is 9.15. The number of nitrogens with zero attached hydrogens (tertiary/aromatic N) is 2. The maximum absolute atomic E-state index is 12.6. The minimum atomic E-state index is -0.798. The maximum Gasteiger partial charge on any atom is 0.294 e. The second-order valence-corrected chi connectivity index (χ2v) is 7.45. The third kappa shape index (κ3) is 2.96. The van der Waals surface area contributed by atoms with E-state index in [9.17, 15) is 19.7 Å². The number of carbonyl (C=O) groups excluding carboxylic acids is 2. The molecule has 2 aromatic rings. The molecular formula is C18H19N3O4S. The number of nitrogens with one attached hydrogen (secondary N) is 1. The molecule has 2 heterocycles. The second kappa shape index (κ2) is 6.53. The fourth-order valence-corrected chi connectivity index (χ4v) is 3.87. The fourth-order valence-electron chi connectivity index (χ4n) is 3.20. The number of hydrogen-bond acceptors (Lipinski definition) is 5. The lowest BCUT2D eigenvalue weighted by Gasteiger charge is -2.18. The van der Waals surface area contributed by atoms with Gasteiger partial charge in [0.25, 0.3) is 5.69 Å². The van der Waals surface area contributed by atoms with Crippen LogP contribution in [0.2, 0.25) is 0 Å². The molecule has 2 amide bonds. The molecular weight excluding hydrogens is 354 g/mol. The molecule has 1 aliphatic rings. The summed E-state index contributed by atoms with van der Waals surface area (Å²) in [6.07, 6.45) is 0.140. The summed E-state index contributed by atoms with van der Waals surface area (Å²) in [5, 5.41) is 17.9. The van der Waals surface area contributed by atoms with E-state index in [2.05, 4.69) is 5.32 Å². The highest BCUT2D eigenvalue weighted by Gasteiger charge is 2.44. The molecule has 0 bridgehead atoms. The van der Waals surface area contributed by atoms with E-state index in [-0.39, 0.29) is 29.6 Å². The van der Waals surface area contributed by atoms with Crippen molar-refractivity contribution in [2.24, 2.45) is 0 Å². The predicted molar refractivity (Wildman–Crippen MR) is 101 cm³/mol. The molecule has 3 rings (SSSR count). The first-order chi connectivity index (χ1) is 12.3. The number of hydrogen-bond donors (Lipinski definition) is 1. The normalized spacial score (nSPS) is 15.0. The van der Waals surface area contributed by atoms with Crippen LogP contribution in [0.1, 0.15) is 31.9 Å². The Morgan fingerprint density at radius 3 is 2.69 bits per heavy atom. The van der Waals surface area contributed by atoms with Crippen molar-refractivity contribution < 1.29 is 14.5 Å². The average molecular weight is 373 g/mol. The molecule has 1 N–H and O–H groups in total. The molecule has 7 nitrogen and oxygen atoms in total. The Bertz CT molecular complexity index is 890. The molecule has 26 heavy (non-hydrogen) atoms. The van der Waals surface area contributed by atoms with Crippen LogP contribution in [-0.4, -0.2) is 23.3 Å². The van der Waals surface area contributed by atoms with Crippen molar-refractivity contribution in [2.75, 3.05) is 16.8 Å². The van der Waals surface area contributed by atoms with Gasteiger partial charge in [0.05, 0.1) is 22.4 Å². The number of rotatable bonds is 5. The Morgan fingerprint density at radius 2 is 2.12 bits per heavy atom. The molecule has 0 spiro atoms. The molecule has 0 saturated carbocycles. The van der Waals surface area contributed by atoms with Gasteiger partial charge >= 0.3 is 0 Å². The van der Waals surface area contributed by atoms with Crippen LogP contribution in [-0.2, 0) is 21.4 Å². The van der Waals surface area contributed by atoms with Crippen LogP contribution in [0.25, 0.3) is 0 Å². The molecule has 1 aliphatic heterocycles. The smallest absolute Gasteiger partial charge is 0.294 e. The van der Waals surface area contributed by atoms with E-state index in [1.165, 1.54) is 17.4 Å². The first-order valence-electron chi connectivity index (χ1n) is 8.21. The number of nitro benzene ring substituents is 1. The van der Waals surface area contributed by atoms with Gasteiger partial charge in [0.15, 0.2) is 0 Å². The van der Waals surface area contributed by atoms with E-state index < -0.39 is 10.3 Å². The highest BCUT2D eigenvalue weighted by Crippen LogP contribution is 2.45. The van der Waals surface area contributed by atoms with Gasteiger partial charge < -0.3 is 10.2 Å². The molecule has 0 unspecified atom stereocenters. The first kappa shape index (κ1) is 18.1. The quantitative estimate of drug-likeness (QED) is 0.641. The average Bonchev–Trinajstić information content (AvgIpc) is 3.13. The van der Waals surface area contributed by atoms with Gasteiger partial charge in [-0.1, -0.05) is 0 Å². The molecule has 0 saturated heterocycles. The van der Waals surface area contributed by atoms with E-state index in [0.717, 1.165) is 5.56 Å². The number of amides is 2. The molecule has 0 aliphatic carbocycles. The van der Waals surface area contributed by atoms with Gasteiger partial charge in [0.1, 0.15) is 5.69 Å². The van der Waals surface area contributed by atoms with Crippen molar-refractivity contribution in [3.8, 4) is 0 Å². The molecule has 1 aromatic carbocycles. The zero-order chi connectivity index (χ0) is 19.1. The largest absolute Gasteiger partial charge is 0.320 e. The van der Waals surface area contributed by atoms with Crippen LogP contribution in [0.3, 0.4) is 0 Å². The van der Waals surface area contributed by atoms with Gasteiger partial charge in [-0.25, -0.2) is 0 Å². The topological polar surface area (TPSA) is 92.6 Å². The highest BCUT2D eigenvalue weighted by atomic mass is 32.1. The SMILES string of the molecule is CCN1C(=O)C(C)(C)c2cc(NC(=O)Cc3ccsc3)c([N+](=O)[O-])cc21. The summed E-state index contributed by atoms with van der Waals surface area (Å²) in [4.78, 5) is 37.4. The van der Waals surface area contributed by atoms with E-state index in [1.807, 2.05) is 23.8 Å². The lowest BCUT2D eigenvalue weighted by atomic mass is 9.85. The molecule has 0 radical (unpaired) electrons. The second-order valence-electron chi connectivity index (χ2n) is 6.67. The summed E-state index contributed by atoms with van der Waals surface area (Å²) in [5.41, 5.74) is 1.17. The van der Waals surface area contributed by atoms with E-state index >= 15 is 0 Å². The van der Waals surface area contributed by atoms with Gasteiger partial charge in [-0.15, -0.1) is 0 Å². The van der Waals surface area contributed by atoms with Crippen LogP contribution >= 0.6 is 11.3 Å². The monoisotopic (exact) mass is 373 g/mol. The van der Waals surface area contributed by atoms with E-state index in [1.54, 1.807) is 24.8 Å². The van der Waals surface area contributed by atoms with Crippen molar-refractivity contribution in [2.45, 2.75) is 32.6 Å². The lowest BCUT2D eigenvalue weighted by Crippen LogP contribution is -2.35. The molecule has 8 heteroatoms. The summed E-state index contributed by atoms with van der Waals surface area (Å²) in [7, 11) is 0. The Labute approximate surface area is 154 Å². The highest BCUT2D eigenvalue weighted by molar-refractivity contribution is 7.08. The number of thiophene rings is 1. The minimum absolute atomic E-state index is 0.106. The van der Waals surface area contributed by atoms with Crippen molar-refractivity contribution >= 4 is 40.2 Å². The number of likely N-dealkylation sites (N-methyl/N-ethyl adjacent to an activating group) is 1. The number of fused-ring (bicyclic) bond motifs is 1. The van der Waals surface area contributed by atoms with Crippen molar-refractivity contribution in [3.63, 3.8) is 0 Å². The summed E-state index contributed by atoms with van der Waals surface area (Å²) in [6, 6.07) is 4.78. The Kier molecular flexibility index (Phi) is 4.53. The molecule has 0 fully saturated rings. The minimum Gasteiger partial charge on any atom is -0.320 e. The zero-order valence-corrected chi connectivity index (χ0v) is 15.6. The third-order valence-electron chi connectivity index (χ3n) is 4.59. The van der Waals surface area contributed by atoms with Gasteiger partial charge in [-0.05, 0) is 54.8 Å². The number of anilines is 2. The molecule has 136 valence electrons. The van der Waals surface area contributed by atoms with Crippen LogP contribution in [0.15, 0.2) is 29.0 Å². The van der Waals surface area contributed by atoms with Crippen molar-refractivity contribution in [3.05, 3.63) is 50.2 Å². The van der Waals surface area contributed by atoms with E-state index in [4.69, 9.17) is 0 Å². The summed E-state index contributed by atoms with van der Waals surface area (Å²) in [6.45, 7) is 5.82. The summed E-state index contributed by atoms with van der Waals surface area (Å²) < 4.78 is 0. The van der Waals surface area contributed by atoms with Crippen LogP contribution < -0.4 is 10.2 Å². The van der Waals surface area contributed by atoms with Crippen molar-refractivity contribution in [1.82, 2.24) is 0 Å². The Hall–Kier alpha value is -2.74. The molecule has 0 atom stereocenters. The fraction of sp³-hybridized carbons (Fsp3) is 0.333. The van der Waals surface area contributed by atoms with Crippen LogP contribution in [0, 0.1) is 10.1 Å². The van der Waals surface area contributed by atoms with Gasteiger partial charge in [-0.2, -0.15) is 11.3 Å². The van der Waals surface area contributed by atoms with Crippen LogP contribution in [0.4, 0.5) is 17.1 Å². The van der Waals surface area contributed by atoms with Gasteiger partial charge in [0, 0.05) is 12.6 Å². The Morgan fingerprint density at radius 1 is 1.38 bits per heavy atom. The zero-order valence-electron chi connectivity index (χ0n) is 14.7.